The van der Waals surface area contributed by atoms with E-state index in [1.807, 2.05) is 0 Å². The molecule has 148 valence electrons. The summed E-state index contributed by atoms with van der Waals surface area (Å²) in [5.41, 5.74) is -0.996. The fraction of sp³-hybridized carbons (Fsp3) is 0.467. The quantitative estimate of drug-likeness (QED) is 0.523. The zero-order chi connectivity index (χ0) is 19.7. The van der Waals surface area contributed by atoms with Gasteiger partial charge >= 0.3 is 5.97 Å². The summed E-state index contributed by atoms with van der Waals surface area (Å²) in [4.78, 5) is 12.5. The minimum Gasteiger partial charge on any atom is -0.480 e. The molecule has 3 atom stereocenters. The molecule has 4 rings (SSSR count). The van der Waals surface area contributed by atoms with Crippen molar-refractivity contribution in [3.63, 3.8) is 0 Å². The third-order valence-corrected chi connectivity index (χ3v) is 7.76. The number of hydrogen-bond donors (Lipinski definition) is 4. The summed E-state index contributed by atoms with van der Waals surface area (Å²) in [6.07, 6.45) is 2.77. The zero-order valence-corrected chi connectivity index (χ0v) is 15.7. The monoisotopic (exact) mass is 417 g/mol. The molecule has 10 nitrogen and oxygen atoms in total. The Hall–Kier alpha value is -1.83. The van der Waals surface area contributed by atoms with E-state index in [9.17, 15) is 18.3 Å². The van der Waals surface area contributed by atoms with Crippen LogP contribution >= 0.6 is 11.3 Å². The molecular weight excluding hydrogens is 398 g/mol. The molecule has 27 heavy (non-hydrogen) atoms. The van der Waals surface area contributed by atoms with E-state index >= 15 is 0 Å². The molecule has 2 saturated heterocycles. The second-order valence-electron chi connectivity index (χ2n) is 6.36. The molecule has 2 aliphatic rings. The molecule has 2 aliphatic heterocycles. The van der Waals surface area contributed by atoms with Gasteiger partial charge in [-0.25, -0.2) is 14.3 Å². The number of aliphatic carboxylic acids is 1. The number of sulfonamides is 1. The van der Waals surface area contributed by atoms with Crippen LogP contribution in [0.25, 0.3) is 10.6 Å². The summed E-state index contributed by atoms with van der Waals surface area (Å²) < 4.78 is 38.5. The van der Waals surface area contributed by atoms with Crippen LogP contribution in [0.5, 0.6) is 0 Å². The molecule has 0 spiro atoms. The van der Waals surface area contributed by atoms with Gasteiger partial charge in [0.15, 0.2) is 0 Å². The number of carboxylic acids is 1. The Balaban J connectivity index is 0.00000102. The number of ether oxygens (including phenoxy) is 1. The molecule has 5 N–H and O–H groups in total. The van der Waals surface area contributed by atoms with Crippen molar-refractivity contribution in [2.24, 2.45) is 5.90 Å². The number of nitrogens with one attached hydrogen (secondary N) is 1. The average Bonchev–Trinajstić information content (AvgIpc) is 3.36. The van der Waals surface area contributed by atoms with Crippen molar-refractivity contribution in [2.45, 2.75) is 47.6 Å². The minimum atomic E-state index is -3.98. The number of rotatable bonds is 5. The highest BCUT2D eigenvalue weighted by Crippen LogP contribution is 2.40. The van der Waals surface area contributed by atoms with Gasteiger partial charge < -0.3 is 19.6 Å². The Bertz CT molecular complexity index is 882. The van der Waals surface area contributed by atoms with Gasteiger partial charge in [0.2, 0.25) is 0 Å². The Labute approximate surface area is 158 Å². The van der Waals surface area contributed by atoms with E-state index in [4.69, 9.17) is 14.5 Å². The van der Waals surface area contributed by atoms with Gasteiger partial charge in [0.25, 0.3) is 10.0 Å². The smallest absolute Gasteiger partial charge is 0.325 e. The molecule has 4 heterocycles. The predicted molar refractivity (Wildman–Crippen MR) is 93.6 cm³/mol. The topological polar surface area (TPSA) is 165 Å². The largest absolute Gasteiger partial charge is 0.480 e. The van der Waals surface area contributed by atoms with Crippen molar-refractivity contribution < 1.29 is 32.8 Å². The predicted octanol–water partition coefficient (Wildman–Crippen LogP) is 1.18. The standard InChI is InChI=1S/C15H16N2O6S2.H3NO/c18-14(19)15(7-9-1-2-10(8-15)23-9)17-25(20,21)13-4-3-12(24-13)11-5-6-22-16-11;1-2/h3-6,9-10,17H,1-2,7-8H2,(H,18,19);2H,1H2/t9-,10+,15?;. The molecule has 2 aromatic rings. The molecular formula is C15H19N3O7S2. The van der Waals surface area contributed by atoms with Crippen LogP contribution in [0.3, 0.4) is 0 Å². The second kappa shape index (κ2) is 7.66. The van der Waals surface area contributed by atoms with Gasteiger partial charge in [0.05, 0.1) is 17.1 Å². The summed E-state index contributed by atoms with van der Waals surface area (Å²) in [7, 11) is -3.98. The fourth-order valence-electron chi connectivity index (χ4n) is 3.49. The van der Waals surface area contributed by atoms with Crippen molar-refractivity contribution in [2.75, 3.05) is 0 Å². The summed E-state index contributed by atoms with van der Waals surface area (Å²) in [5, 5.41) is 20.0. The number of aromatic nitrogens is 1. The van der Waals surface area contributed by atoms with Gasteiger partial charge in [0.1, 0.15) is 21.7 Å². The highest BCUT2D eigenvalue weighted by atomic mass is 32.2. The molecule has 0 saturated carbocycles. The number of carbonyl (C=O) groups is 1. The lowest BCUT2D eigenvalue weighted by Crippen LogP contribution is -2.59. The van der Waals surface area contributed by atoms with Gasteiger partial charge in [-0.1, -0.05) is 5.16 Å². The number of nitrogens with zero attached hydrogens (tertiary/aromatic N) is 1. The average molecular weight is 417 g/mol. The Morgan fingerprint density at radius 3 is 2.48 bits per heavy atom. The van der Waals surface area contributed by atoms with Gasteiger partial charge in [-0.3, -0.25) is 4.79 Å². The maximum Gasteiger partial charge on any atom is 0.325 e. The van der Waals surface area contributed by atoms with Crippen LogP contribution in [-0.2, 0) is 19.6 Å². The number of carboxylic acid groups (broad SMARTS) is 1. The van der Waals surface area contributed by atoms with E-state index in [1.165, 1.54) is 12.3 Å². The molecule has 0 aliphatic carbocycles. The molecule has 12 heteroatoms. The molecule has 2 aromatic heterocycles. The van der Waals surface area contributed by atoms with E-state index < -0.39 is 21.5 Å². The fourth-order valence-corrected chi connectivity index (χ4v) is 6.14. The van der Waals surface area contributed by atoms with Crippen molar-refractivity contribution in [1.29, 1.82) is 0 Å². The summed E-state index contributed by atoms with van der Waals surface area (Å²) in [5.74, 6) is 2.34. The first-order chi connectivity index (χ1) is 12.9. The van der Waals surface area contributed by atoms with Gasteiger partial charge in [-0.05, 0) is 25.0 Å². The molecule has 2 bridgehead atoms. The zero-order valence-electron chi connectivity index (χ0n) is 14.1. The maximum absolute atomic E-state index is 12.8. The highest BCUT2D eigenvalue weighted by molar-refractivity contribution is 7.91. The summed E-state index contributed by atoms with van der Waals surface area (Å²) in [6, 6.07) is 4.70. The van der Waals surface area contributed by atoms with Crippen molar-refractivity contribution in [1.82, 2.24) is 9.88 Å². The molecule has 1 unspecified atom stereocenters. The number of fused-ring (bicyclic) bond motifs is 2. The molecule has 0 aromatic carbocycles. The van der Waals surface area contributed by atoms with E-state index in [0.29, 0.717) is 10.6 Å². The first-order valence-electron chi connectivity index (χ1n) is 8.07. The van der Waals surface area contributed by atoms with E-state index in [1.54, 1.807) is 12.1 Å². The second-order valence-corrected chi connectivity index (χ2v) is 9.35. The van der Waals surface area contributed by atoms with Crippen LogP contribution in [0.15, 0.2) is 33.2 Å². The van der Waals surface area contributed by atoms with Gasteiger partial charge in [0, 0.05) is 18.9 Å². The molecule has 0 amide bonds. The van der Waals surface area contributed by atoms with Crippen LogP contribution in [-0.4, -0.2) is 47.6 Å². The Kier molecular flexibility index (Phi) is 5.65. The van der Waals surface area contributed by atoms with Gasteiger partial charge in [-0.15, -0.1) is 11.3 Å². The lowest BCUT2D eigenvalue weighted by Gasteiger charge is -2.37. The lowest BCUT2D eigenvalue weighted by atomic mass is 9.88. The van der Waals surface area contributed by atoms with Crippen LogP contribution in [0.4, 0.5) is 0 Å². The van der Waals surface area contributed by atoms with Crippen LogP contribution in [0.1, 0.15) is 25.7 Å². The van der Waals surface area contributed by atoms with Crippen LogP contribution in [0, 0.1) is 0 Å². The Morgan fingerprint density at radius 2 is 1.93 bits per heavy atom. The van der Waals surface area contributed by atoms with E-state index in [2.05, 4.69) is 15.8 Å². The van der Waals surface area contributed by atoms with Crippen molar-refractivity contribution in [3.8, 4) is 10.6 Å². The first kappa shape index (κ1) is 19.9. The van der Waals surface area contributed by atoms with Crippen LogP contribution in [0.2, 0.25) is 0 Å². The maximum atomic E-state index is 12.8. The van der Waals surface area contributed by atoms with Crippen molar-refractivity contribution >= 4 is 27.3 Å². The van der Waals surface area contributed by atoms with Crippen molar-refractivity contribution in [3.05, 3.63) is 24.5 Å². The molecule has 2 fully saturated rings. The molecule has 0 radical (unpaired) electrons. The van der Waals surface area contributed by atoms with Crippen LogP contribution < -0.4 is 10.6 Å². The number of nitrogens with two attached hydrogens (primary N) is 1. The summed E-state index contributed by atoms with van der Waals surface area (Å²) in [6.45, 7) is 0. The SMILES string of the molecule is NO.O=C(O)C1(NS(=O)(=O)c2ccc(-c3ccon3)s2)C[C@H]2CC[C@@H](C1)O2. The first-order valence-corrected chi connectivity index (χ1v) is 10.4. The number of thiophene rings is 1. The third-order valence-electron chi connectivity index (χ3n) is 4.62. The lowest BCUT2D eigenvalue weighted by molar-refractivity contribution is -0.151. The third kappa shape index (κ3) is 3.90. The van der Waals surface area contributed by atoms with Gasteiger partial charge in [-0.2, -0.15) is 4.72 Å². The van der Waals surface area contributed by atoms with E-state index in [-0.39, 0.29) is 29.3 Å². The minimum absolute atomic E-state index is 0.0463. The number of hydrogen-bond acceptors (Lipinski definition) is 9. The Morgan fingerprint density at radius 1 is 1.26 bits per heavy atom. The highest BCUT2D eigenvalue weighted by Gasteiger charge is 2.52. The normalized spacial score (nSPS) is 27.0. The summed E-state index contributed by atoms with van der Waals surface area (Å²) >= 11 is 1.02. The van der Waals surface area contributed by atoms with E-state index in [0.717, 1.165) is 24.2 Å².